The zero-order valence-corrected chi connectivity index (χ0v) is 11.7. The maximum Gasteiger partial charge on any atom is 0.181 e. The van der Waals surface area contributed by atoms with Crippen LogP contribution in [0.15, 0.2) is 30.6 Å². The molecule has 0 radical (unpaired) electrons. The third-order valence-electron chi connectivity index (χ3n) is 3.68. The Hall–Kier alpha value is -1.39. The number of aryl methyl sites for hydroxylation is 1. The van der Waals surface area contributed by atoms with E-state index in [1.54, 1.807) is 11.0 Å². The van der Waals surface area contributed by atoms with Crippen LogP contribution in [-0.4, -0.2) is 32.3 Å². The van der Waals surface area contributed by atoms with Gasteiger partial charge in [-0.25, -0.2) is 9.40 Å². The van der Waals surface area contributed by atoms with E-state index in [1.807, 2.05) is 11.5 Å². The zero-order chi connectivity index (χ0) is 13.2. The van der Waals surface area contributed by atoms with Crippen molar-refractivity contribution in [1.82, 2.24) is 19.2 Å². The van der Waals surface area contributed by atoms with Crippen molar-refractivity contribution in [2.75, 3.05) is 13.1 Å². The van der Waals surface area contributed by atoms with Gasteiger partial charge in [-0.2, -0.15) is 5.10 Å². The van der Waals surface area contributed by atoms with Crippen LogP contribution in [0.2, 0.25) is 0 Å². The van der Waals surface area contributed by atoms with Crippen LogP contribution in [0.3, 0.4) is 0 Å². The summed E-state index contributed by atoms with van der Waals surface area (Å²) in [5.41, 5.74) is 2.46. The molecule has 0 spiro atoms. The first-order chi connectivity index (χ1) is 9.22. The average Bonchev–Trinajstić information content (AvgIpc) is 2.87. The molecular formula is C14H17ClN4. The van der Waals surface area contributed by atoms with Crippen LogP contribution in [-0.2, 0) is 7.05 Å². The van der Waals surface area contributed by atoms with Crippen molar-refractivity contribution in [1.29, 1.82) is 0 Å². The summed E-state index contributed by atoms with van der Waals surface area (Å²) in [7, 11) is 1.88. The summed E-state index contributed by atoms with van der Waals surface area (Å²) in [5, 5.41) is 4.31. The predicted molar refractivity (Wildman–Crippen MR) is 75.8 cm³/mol. The van der Waals surface area contributed by atoms with E-state index in [-0.39, 0.29) is 0 Å². The summed E-state index contributed by atoms with van der Waals surface area (Å²) in [6.45, 7) is 1.94. The van der Waals surface area contributed by atoms with Crippen molar-refractivity contribution < 1.29 is 0 Å². The molecule has 0 bridgehead atoms. The van der Waals surface area contributed by atoms with Crippen LogP contribution in [0.5, 0.6) is 0 Å². The summed E-state index contributed by atoms with van der Waals surface area (Å²) in [4.78, 5) is 4.27. The maximum absolute atomic E-state index is 5.99. The lowest BCUT2D eigenvalue weighted by molar-refractivity contribution is 0.336. The number of benzene rings is 1. The highest BCUT2D eigenvalue weighted by atomic mass is 35.5. The molecule has 4 nitrogen and oxygen atoms in total. The molecule has 0 aliphatic carbocycles. The Kier molecular flexibility index (Phi) is 3.53. The summed E-state index contributed by atoms with van der Waals surface area (Å²) >= 11 is 5.99. The van der Waals surface area contributed by atoms with Crippen molar-refractivity contribution in [2.45, 2.75) is 18.8 Å². The molecule has 2 heterocycles. The van der Waals surface area contributed by atoms with Crippen LogP contribution in [0.1, 0.15) is 24.3 Å². The Labute approximate surface area is 118 Å². The maximum atomic E-state index is 5.99. The van der Waals surface area contributed by atoms with E-state index in [1.165, 1.54) is 5.56 Å². The van der Waals surface area contributed by atoms with Crippen LogP contribution in [0.4, 0.5) is 0 Å². The quantitative estimate of drug-likeness (QED) is 0.791. The molecule has 1 fully saturated rings. The normalized spacial score (nSPS) is 17.8. The van der Waals surface area contributed by atoms with Gasteiger partial charge >= 0.3 is 0 Å². The zero-order valence-electron chi connectivity index (χ0n) is 11.0. The number of piperidine rings is 1. The molecular weight excluding hydrogens is 260 g/mol. The summed E-state index contributed by atoms with van der Waals surface area (Å²) in [6.07, 6.45) is 3.98. The fraction of sp³-hybridized carbons (Fsp3) is 0.429. The van der Waals surface area contributed by atoms with Crippen molar-refractivity contribution in [3.05, 3.63) is 36.2 Å². The Morgan fingerprint density at radius 2 is 1.84 bits per heavy atom. The van der Waals surface area contributed by atoms with Crippen molar-refractivity contribution >= 4 is 11.8 Å². The van der Waals surface area contributed by atoms with Gasteiger partial charge in [-0.05, 0) is 36.1 Å². The minimum Gasteiger partial charge on any atom is -0.255 e. The number of rotatable bonds is 2. The van der Waals surface area contributed by atoms with Gasteiger partial charge in [0.05, 0.1) is 0 Å². The van der Waals surface area contributed by atoms with Crippen LogP contribution in [0.25, 0.3) is 11.4 Å². The van der Waals surface area contributed by atoms with Crippen molar-refractivity contribution in [2.24, 2.45) is 7.05 Å². The second-order valence-electron chi connectivity index (χ2n) is 5.05. The van der Waals surface area contributed by atoms with Gasteiger partial charge in [0.1, 0.15) is 6.33 Å². The van der Waals surface area contributed by atoms with Gasteiger partial charge in [-0.3, -0.25) is 4.68 Å². The van der Waals surface area contributed by atoms with Gasteiger partial charge in [-0.15, -0.1) is 0 Å². The standard InChI is InChI=1S/C14H17ClN4/c1-18-10-16-14(17-18)13-4-2-11(3-5-13)12-6-8-19(15)9-7-12/h2-5,10,12H,6-9H2,1H3. The molecule has 0 saturated carbocycles. The highest BCUT2D eigenvalue weighted by Crippen LogP contribution is 2.29. The molecule has 1 aliphatic rings. The fourth-order valence-electron chi connectivity index (χ4n) is 2.56. The molecule has 1 saturated heterocycles. The molecule has 100 valence electrons. The third-order valence-corrected chi connectivity index (χ3v) is 4.02. The number of hydrogen-bond donors (Lipinski definition) is 0. The minimum absolute atomic E-state index is 0.626. The Bertz CT molecular complexity index is 541. The van der Waals surface area contributed by atoms with Gasteiger partial charge in [0.2, 0.25) is 0 Å². The second-order valence-corrected chi connectivity index (χ2v) is 5.53. The van der Waals surface area contributed by atoms with Crippen LogP contribution >= 0.6 is 11.8 Å². The third kappa shape index (κ3) is 2.80. The smallest absolute Gasteiger partial charge is 0.181 e. The molecule has 5 heteroatoms. The van der Waals surface area contributed by atoms with E-state index in [4.69, 9.17) is 11.8 Å². The predicted octanol–water partition coefficient (Wildman–Crippen LogP) is 2.82. The summed E-state index contributed by atoms with van der Waals surface area (Å²) in [5.74, 6) is 1.41. The average molecular weight is 277 g/mol. The number of nitrogens with zero attached hydrogens (tertiary/aromatic N) is 4. The van der Waals surface area contributed by atoms with E-state index in [9.17, 15) is 0 Å². The Balaban J connectivity index is 1.75. The van der Waals surface area contributed by atoms with Crippen molar-refractivity contribution in [3.8, 4) is 11.4 Å². The minimum atomic E-state index is 0.626. The summed E-state index contributed by atoms with van der Waals surface area (Å²) < 4.78 is 3.60. The van der Waals surface area contributed by atoms with E-state index in [0.29, 0.717) is 5.92 Å². The van der Waals surface area contributed by atoms with Gasteiger partial charge in [0.15, 0.2) is 5.82 Å². The van der Waals surface area contributed by atoms with Crippen molar-refractivity contribution in [3.63, 3.8) is 0 Å². The van der Waals surface area contributed by atoms with Crippen LogP contribution < -0.4 is 0 Å². The molecule has 0 unspecified atom stereocenters. The molecule has 1 aliphatic heterocycles. The lowest BCUT2D eigenvalue weighted by atomic mass is 9.90. The van der Waals surface area contributed by atoms with Gasteiger partial charge < -0.3 is 0 Å². The van der Waals surface area contributed by atoms with Crippen LogP contribution in [0, 0.1) is 0 Å². The first-order valence-electron chi connectivity index (χ1n) is 6.59. The molecule has 2 aromatic rings. The number of hydrogen-bond acceptors (Lipinski definition) is 3. The summed E-state index contributed by atoms with van der Waals surface area (Å²) in [6, 6.07) is 8.61. The molecule has 3 rings (SSSR count). The lowest BCUT2D eigenvalue weighted by Crippen LogP contribution is -2.25. The highest BCUT2D eigenvalue weighted by Gasteiger charge is 2.19. The van der Waals surface area contributed by atoms with E-state index < -0.39 is 0 Å². The second kappa shape index (κ2) is 5.31. The fourth-order valence-corrected chi connectivity index (χ4v) is 2.75. The van der Waals surface area contributed by atoms with E-state index in [2.05, 4.69) is 34.3 Å². The molecule has 0 amide bonds. The molecule has 19 heavy (non-hydrogen) atoms. The van der Waals surface area contributed by atoms with Gasteiger partial charge in [-0.1, -0.05) is 24.3 Å². The molecule has 0 N–H and O–H groups in total. The Morgan fingerprint density at radius 3 is 2.42 bits per heavy atom. The topological polar surface area (TPSA) is 34.0 Å². The first-order valence-corrected chi connectivity index (χ1v) is 6.93. The van der Waals surface area contributed by atoms with E-state index >= 15 is 0 Å². The monoisotopic (exact) mass is 276 g/mol. The molecule has 1 aromatic carbocycles. The van der Waals surface area contributed by atoms with Gasteiger partial charge in [0.25, 0.3) is 0 Å². The van der Waals surface area contributed by atoms with Gasteiger partial charge in [0, 0.05) is 25.7 Å². The molecule has 1 aromatic heterocycles. The Morgan fingerprint density at radius 1 is 1.16 bits per heavy atom. The highest BCUT2D eigenvalue weighted by molar-refractivity contribution is 6.13. The number of aromatic nitrogens is 3. The largest absolute Gasteiger partial charge is 0.255 e. The SMILES string of the molecule is Cn1cnc(-c2ccc(C3CCN(Cl)CC3)cc2)n1. The van der Waals surface area contributed by atoms with E-state index in [0.717, 1.165) is 37.3 Å². The number of halogens is 1. The lowest BCUT2D eigenvalue weighted by Gasteiger charge is -2.27. The molecule has 0 atom stereocenters. The first kappa shape index (κ1) is 12.6.